The molecule has 4 nitrogen and oxygen atoms in total. The summed E-state index contributed by atoms with van der Waals surface area (Å²) in [4.78, 5) is 0. The van der Waals surface area contributed by atoms with Crippen LogP contribution in [0.1, 0.15) is 25.8 Å². The highest BCUT2D eigenvalue weighted by atomic mass is 19.2. The first kappa shape index (κ1) is 18.6. The van der Waals surface area contributed by atoms with E-state index in [9.17, 15) is 13.2 Å². The van der Waals surface area contributed by atoms with Crippen molar-refractivity contribution < 1.29 is 17.9 Å². The van der Waals surface area contributed by atoms with Crippen molar-refractivity contribution in [2.45, 2.75) is 32.9 Å². The molecular weight excluding hydrogens is 319 g/mol. The summed E-state index contributed by atoms with van der Waals surface area (Å²) in [5.74, 6) is -2.01. The van der Waals surface area contributed by atoms with E-state index in [2.05, 4.69) is 24.6 Å². The lowest BCUT2D eigenvalue weighted by Gasteiger charge is -2.24. The van der Waals surface area contributed by atoms with Gasteiger partial charge in [0.25, 0.3) is 0 Å². The summed E-state index contributed by atoms with van der Waals surface area (Å²) in [7, 11) is 1.85. The topological polar surface area (TPSA) is 36.5 Å². The fraction of sp³-hybridized carbons (Fsp3) is 0.529. The third-order valence-corrected chi connectivity index (χ3v) is 3.75. The van der Waals surface area contributed by atoms with Crippen LogP contribution in [0.5, 0.6) is 0 Å². The lowest BCUT2D eigenvalue weighted by atomic mass is 10.1. The normalized spacial score (nSPS) is 17.5. The summed E-state index contributed by atoms with van der Waals surface area (Å²) in [6.07, 6.45) is 2.86. The number of rotatable bonds is 8. The predicted molar refractivity (Wildman–Crippen MR) is 86.2 cm³/mol. The minimum atomic E-state index is -1.20. The van der Waals surface area contributed by atoms with E-state index >= 15 is 0 Å². The number of benzene rings is 1. The quantitative estimate of drug-likeness (QED) is 0.712. The number of hydrogen-bond acceptors (Lipinski definition) is 4. The number of ether oxygens (including phenoxy) is 1. The van der Waals surface area contributed by atoms with Crippen molar-refractivity contribution in [1.29, 1.82) is 0 Å². The minimum Gasteiger partial charge on any atom is -0.473 e. The molecule has 0 saturated heterocycles. The molecule has 0 saturated carbocycles. The fourth-order valence-corrected chi connectivity index (χ4v) is 2.40. The smallest absolute Gasteiger partial charge is 0.201 e. The standard InChI is InChI=1S/C17H24F3N3O/c1-11(2)4-5-23-17(7-13(22-23)9-21-3)24-10-12-6-15(19)16(20)8-14(12)18/h6-8,11,13,21-22H,4-5,9-10H2,1-3H3. The van der Waals surface area contributed by atoms with Gasteiger partial charge in [-0.15, -0.1) is 0 Å². The van der Waals surface area contributed by atoms with Gasteiger partial charge in [0.05, 0.1) is 6.04 Å². The molecule has 24 heavy (non-hydrogen) atoms. The maximum absolute atomic E-state index is 13.7. The molecule has 0 fully saturated rings. The second kappa shape index (κ2) is 8.39. The van der Waals surface area contributed by atoms with E-state index in [0.29, 0.717) is 24.4 Å². The molecule has 1 atom stereocenters. The van der Waals surface area contributed by atoms with E-state index in [-0.39, 0.29) is 18.2 Å². The van der Waals surface area contributed by atoms with Gasteiger partial charge < -0.3 is 10.1 Å². The Morgan fingerprint density at radius 1 is 1.21 bits per heavy atom. The van der Waals surface area contributed by atoms with Gasteiger partial charge in [0.15, 0.2) is 11.6 Å². The molecule has 0 bridgehead atoms. The van der Waals surface area contributed by atoms with Crippen LogP contribution in [-0.4, -0.2) is 31.2 Å². The van der Waals surface area contributed by atoms with E-state index in [1.807, 2.05) is 18.1 Å². The van der Waals surface area contributed by atoms with E-state index in [4.69, 9.17) is 4.74 Å². The lowest BCUT2D eigenvalue weighted by Crippen LogP contribution is -2.42. The molecule has 0 aromatic heterocycles. The van der Waals surface area contributed by atoms with Crippen molar-refractivity contribution in [3.05, 3.63) is 47.1 Å². The second-order valence-corrected chi connectivity index (χ2v) is 6.28. The average molecular weight is 343 g/mol. The van der Waals surface area contributed by atoms with Crippen LogP contribution in [0.3, 0.4) is 0 Å². The summed E-state index contributed by atoms with van der Waals surface area (Å²) in [6, 6.07) is 1.43. The highest BCUT2D eigenvalue weighted by molar-refractivity contribution is 5.20. The first-order valence-corrected chi connectivity index (χ1v) is 8.07. The molecular formula is C17H24F3N3O. The van der Waals surface area contributed by atoms with Crippen molar-refractivity contribution in [3.63, 3.8) is 0 Å². The van der Waals surface area contributed by atoms with Crippen LogP contribution in [0.15, 0.2) is 24.1 Å². The molecule has 2 N–H and O–H groups in total. The molecule has 0 aliphatic carbocycles. The van der Waals surface area contributed by atoms with E-state index in [1.54, 1.807) is 0 Å². The number of nitrogens with zero attached hydrogens (tertiary/aromatic N) is 1. The Hall–Kier alpha value is -1.73. The van der Waals surface area contributed by atoms with Crippen LogP contribution < -0.4 is 10.7 Å². The van der Waals surface area contributed by atoms with Crippen LogP contribution in [0, 0.1) is 23.4 Å². The van der Waals surface area contributed by atoms with Crippen molar-refractivity contribution in [1.82, 2.24) is 15.8 Å². The van der Waals surface area contributed by atoms with Crippen LogP contribution in [0.25, 0.3) is 0 Å². The molecule has 7 heteroatoms. The Labute approximate surface area is 140 Å². The number of hydrazine groups is 1. The molecule has 2 rings (SSSR count). The lowest BCUT2D eigenvalue weighted by molar-refractivity contribution is 0.0796. The maximum atomic E-state index is 13.7. The van der Waals surface area contributed by atoms with Gasteiger partial charge in [-0.1, -0.05) is 13.8 Å². The van der Waals surface area contributed by atoms with Gasteiger partial charge in [-0.05, 0) is 31.5 Å². The van der Waals surface area contributed by atoms with Gasteiger partial charge in [0.2, 0.25) is 5.88 Å². The molecule has 1 heterocycles. The molecule has 0 amide bonds. The fourth-order valence-electron chi connectivity index (χ4n) is 2.40. The Morgan fingerprint density at radius 3 is 2.58 bits per heavy atom. The third kappa shape index (κ3) is 4.88. The number of likely N-dealkylation sites (N-methyl/N-ethyl adjacent to an activating group) is 1. The summed E-state index contributed by atoms with van der Waals surface area (Å²) in [5, 5.41) is 4.95. The molecule has 134 valence electrons. The van der Waals surface area contributed by atoms with Gasteiger partial charge in [-0.2, -0.15) is 0 Å². The summed E-state index contributed by atoms with van der Waals surface area (Å²) in [5.41, 5.74) is 3.28. The predicted octanol–water partition coefficient (Wildman–Crippen LogP) is 2.92. The molecule has 1 aliphatic heterocycles. The monoisotopic (exact) mass is 343 g/mol. The van der Waals surface area contributed by atoms with Crippen molar-refractivity contribution in [2.75, 3.05) is 20.1 Å². The first-order chi connectivity index (χ1) is 11.4. The van der Waals surface area contributed by atoms with Gasteiger partial charge in [-0.3, -0.25) is 5.01 Å². The van der Waals surface area contributed by atoms with Crippen LogP contribution in [0.4, 0.5) is 13.2 Å². The Balaban J connectivity index is 2.04. The van der Waals surface area contributed by atoms with E-state index in [1.165, 1.54) is 0 Å². The number of hydrogen-bond donors (Lipinski definition) is 2. The highest BCUT2D eigenvalue weighted by Gasteiger charge is 2.24. The number of nitrogens with one attached hydrogen (secondary N) is 2. The largest absolute Gasteiger partial charge is 0.473 e. The molecule has 1 aromatic carbocycles. The summed E-state index contributed by atoms with van der Waals surface area (Å²) in [6.45, 7) is 5.54. The van der Waals surface area contributed by atoms with Crippen LogP contribution in [0.2, 0.25) is 0 Å². The molecule has 0 spiro atoms. The number of halogens is 3. The minimum absolute atomic E-state index is 0.0179. The van der Waals surface area contributed by atoms with E-state index < -0.39 is 17.5 Å². The Morgan fingerprint density at radius 2 is 1.92 bits per heavy atom. The first-order valence-electron chi connectivity index (χ1n) is 8.07. The highest BCUT2D eigenvalue weighted by Crippen LogP contribution is 2.20. The third-order valence-electron chi connectivity index (χ3n) is 3.75. The Bertz CT molecular complexity index is 593. The molecule has 1 unspecified atom stereocenters. The zero-order valence-electron chi connectivity index (χ0n) is 14.2. The van der Waals surface area contributed by atoms with Gasteiger partial charge in [0.1, 0.15) is 12.4 Å². The van der Waals surface area contributed by atoms with Crippen LogP contribution in [-0.2, 0) is 11.3 Å². The van der Waals surface area contributed by atoms with Gasteiger partial charge in [-0.25, -0.2) is 18.6 Å². The summed E-state index contributed by atoms with van der Waals surface area (Å²) < 4.78 is 45.6. The van der Waals surface area contributed by atoms with Crippen molar-refractivity contribution in [3.8, 4) is 0 Å². The Kier molecular flexibility index (Phi) is 6.51. The van der Waals surface area contributed by atoms with Crippen molar-refractivity contribution >= 4 is 0 Å². The summed E-state index contributed by atoms with van der Waals surface area (Å²) >= 11 is 0. The molecule has 1 aliphatic rings. The van der Waals surface area contributed by atoms with Crippen molar-refractivity contribution in [2.24, 2.45) is 5.92 Å². The zero-order chi connectivity index (χ0) is 17.7. The van der Waals surface area contributed by atoms with Gasteiger partial charge in [0, 0.05) is 24.7 Å². The second-order valence-electron chi connectivity index (χ2n) is 6.28. The zero-order valence-corrected chi connectivity index (χ0v) is 14.2. The maximum Gasteiger partial charge on any atom is 0.201 e. The molecule has 1 aromatic rings. The van der Waals surface area contributed by atoms with Crippen LogP contribution >= 0.6 is 0 Å². The molecule has 0 radical (unpaired) electrons. The SMILES string of the molecule is CNCC1C=C(OCc2cc(F)c(F)cc2F)N(CCC(C)C)N1. The average Bonchev–Trinajstić information content (AvgIpc) is 2.90. The van der Waals surface area contributed by atoms with Gasteiger partial charge >= 0.3 is 0 Å². The van der Waals surface area contributed by atoms with E-state index in [0.717, 1.165) is 19.0 Å².